The molecular formula is C20H36O4. The van der Waals surface area contributed by atoms with Crippen LogP contribution in [0.1, 0.15) is 91.9 Å². The number of unbranched alkanes of at least 4 members (excludes halogenated alkanes) is 3. The van der Waals surface area contributed by atoms with Crippen molar-refractivity contribution in [3.63, 3.8) is 0 Å². The third kappa shape index (κ3) is 6.82. The Morgan fingerprint density at radius 3 is 2.29 bits per heavy atom. The van der Waals surface area contributed by atoms with Crippen molar-refractivity contribution in [1.29, 1.82) is 0 Å². The average molecular weight is 341 g/mol. The van der Waals surface area contributed by atoms with Gasteiger partial charge < -0.3 is 9.84 Å². The van der Waals surface area contributed by atoms with E-state index in [2.05, 4.69) is 20.8 Å². The van der Waals surface area contributed by atoms with E-state index >= 15 is 0 Å². The number of carboxylic acids is 1. The van der Waals surface area contributed by atoms with E-state index in [1.165, 1.54) is 12.8 Å². The molecule has 1 fully saturated rings. The van der Waals surface area contributed by atoms with Crippen molar-refractivity contribution in [1.82, 2.24) is 0 Å². The number of hydrogen-bond donors (Lipinski definition) is 1. The fourth-order valence-corrected chi connectivity index (χ4v) is 4.01. The van der Waals surface area contributed by atoms with Crippen molar-refractivity contribution in [2.75, 3.05) is 0 Å². The zero-order chi connectivity index (χ0) is 18.2. The summed E-state index contributed by atoms with van der Waals surface area (Å²) in [7, 11) is 0. The van der Waals surface area contributed by atoms with Crippen molar-refractivity contribution < 1.29 is 19.4 Å². The van der Waals surface area contributed by atoms with Crippen molar-refractivity contribution in [2.24, 2.45) is 17.8 Å². The summed E-state index contributed by atoms with van der Waals surface area (Å²) in [5.41, 5.74) is -0.473. The Morgan fingerprint density at radius 1 is 1.12 bits per heavy atom. The standard InChI is InChI=1S/C20H36O4/c1-5-6-7-10-13-20(4,14-15(2)3)24-19(23)17-12-9-8-11-16(17)18(21)22/h15-17H,5-14H2,1-4H3,(H,21,22). The Labute approximate surface area is 147 Å². The molecule has 140 valence electrons. The Hall–Kier alpha value is -1.06. The zero-order valence-electron chi connectivity index (χ0n) is 16.0. The molecule has 1 saturated carbocycles. The molecule has 4 heteroatoms. The minimum atomic E-state index is -0.856. The van der Waals surface area contributed by atoms with Gasteiger partial charge in [-0.1, -0.05) is 52.9 Å². The van der Waals surface area contributed by atoms with Gasteiger partial charge in [0, 0.05) is 0 Å². The van der Waals surface area contributed by atoms with Gasteiger partial charge in [-0.25, -0.2) is 0 Å². The second-order valence-electron chi connectivity index (χ2n) is 8.12. The first-order valence-electron chi connectivity index (χ1n) is 9.74. The van der Waals surface area contributed by atoms with Gasteiger partial charge in [0.25, 0.3) is 0 Å². The monoisotopic (exact) mass is 340 g/mol. The molecule has 1 N–H and O–H groups in total. The predicted octanol–water partition coefficient (Wildman–Crippen LogP) is 5.20. The van der Waals surface area contributed by atoms with Crippen LogP contribution in [0, 0.1) is 17.8 Å². The van der Waals surface area contributed by atoms with E-state index in [9.17, 15) is 14.7 Å². The van der Waals surface area contributed by atoms with Crippen molar-refractivity contribution in [3.05, 3.63) is 0 Å². The number of rotatable bonds is 10. The van der Waals surface area contributed by atoms with E-state index in [1.54, 1.807) is 0 Å². The van der Waals surface area contributed by atoms with Gasteiger partial charge >= 0.3 is 11.9 Å². The number of ether oxygens (including phenoxy) is 1. The SMILES string of the molecule is CCCCCCC(C)(CC(C)C)OC(=O)C1CCCCC1C(=O)O. The zero-order valence-corrected chi connectivity index (χ0v) is 16.0. The predicted molar refractivity (Wildman–Crippen MR) is 95.8 cm³/mol. The lowest BCUT2D eigenvalue weighted by molar-refractivity contribution is -0.173. The molecule has 0 amide bonds. The van der Waals surface area contributed by atoms with Crippen LogP contribution < -0.4 is 0 Å². The minimum Gasteiger partial charge on any atom is -0.481 e. The lowest BCUT2D eigenvalue weighted by atomic mass is 9.79. The van der Waals surface area contributed by atoms with Crippen LogP contribution in [0.4, 0.5) is 0 Å². The van der Waals surface area contributed by atoms with Gasteiger partial charge in [-0.05, 0) is 44.9 Å². The molecular weight excluding hydrogens is 304 g/mol. The van der Waals surface area contributed by atoms with Gasteiger partial charge in [0.2, 0.25) is 0 Å². The highest BCUT2D eigenvalue weighted by Crippen LogP contribution is 2.35. The maximum atomic E-state index is 12.7. The molecule has 0 aromatic heterocycles. The van der Waals surface area contributed by atoms with E-state index in [1.807, 2.05) is 6.92 Å². The molecule has 0 bridgehead atoms. The molecule has 0 saturated heterocycles. The van der Waals surface area contributed by atoms with Gasteiger partial charge in [0.1, 0.15) is 5.60 Å². The smallest absolute Gasteiger partial charge is 0.310 e. The summed E-state index contributed by atoms with van der Waals surface area (Å²) in [6.07, 6.45) is 9.33. The van der Waals surface area contributed by atoms with Gasteiger partial charge in [-0.2, -0.15) is 0 Å². The molecule has 0 radical (unpaired) electrons. The lowest BCUT2D eigenvalue weighted by Gasteiger charge is -2.35. The number of aliphatic carboxylic acids is 1. The largest absolute Gasteiger partial charge is 0.481 e. The fraction of sp³-hybridized carbons (Fsp3) is 0.900. The third-order valence-electron chi connectivity index (χ3n) is 5.13. The molecule has 1 aliphatic carbocycles. The molecule has 4 nitrogen and oxygen atoms in total. The van der Waals surface area contributed by atoms with Crippen molar-refractivity contribution in [3.8, 4) is 0 Å². The summed E-state index contributed by atoms with van der Waals surface area (Å²) < 4.78 is 5.95. The normalized spacial score (nSPS) is 23.7. The van der Waals surface area contributed by atoms with Gasteiger partial charge in [-0.15, -0.1) is 0 Å². The molecule has 3 unspecified atom stereocenters. The molecule has 24 heavy (non-hydrogen) atoms. The van der Waals surface area contributed by atoms with Gasteiger partial charge in [0.05, 0.1) is 11.8 Å². The first kappa shape index (κ1) is 21.0. The second kappa shape index (κ2) is 10.0. The molecule has 0 spiro atoms. The number of carboxylic acid groups (broad SMARTS) is 1. The van der Waals surface area contributed by atoms with Crippen LogP contribution in [0.5, 0.6) is 0 Å². The van der Waals surface area contributed by atoms with Gasteiger partial charge in [-0.3, -0.25) is 9.59 Å². The van der Waals surface area contributed by atoms with E-state index in [0.29, 0.717) is 18.8 Å². The van der Waals surface area contributed by atoms with Crippen LogP contribution in [0.2, 0.25) is 0 Å². The first-order valence-corrected chi connectivity index (χ1v) is 9.74. The summed E-state index contributed by atoms with van der Waals surface area (Å²) in [5.74, 6) is -1.76. The summed E-state index contributed by atoms with van der Waals surface area (Å²) in [5, 5.41) is 9.39. The number of hydrogen-bond acceptors (Lipinski definition) is 3. The summed E-state index contributed by atoms with van der Waals surface area (Å²) in [4.78, 5) is 24.2. The molecule has 0 heterocycles. The Kier molecular flexibility index (Phi) is 8.79. The Morgan fingerprint density at radius 2 is 1.75 bits per heavy atom. The molecule has 1 rings (SSSR count). The molecule has 3 atom stereocenters. The lowest BCUT2D eigenvalue weighted by Crippen LogP contribution is -2.40. The van der Waals surface area contributed by atoms with Crippen molar-refractivity contribution >= 4 is 11.9 Å². The van der Waals surface area contributed by atoms with Crippen LogP contribution in [0.15, 0.2) is 0 Å². The van der Waals surface area contributed by atoms with Crippen LogP contribution >= 0.6 is 0 Å². The highest BCUT2D eigenvalue weighted by molar-refractivity contribution is 5.81. The summed E-state index contributed by atoms with van der Waals surface area (Å²) >= 11 is 0. The van der Waals surface area contributed by atoms with E-state index in [4.69, 9.17) is 4.74 Å². The second-order valence-corrected chi connectivity index (χ2v) is 8.12. The Bertz CT molecular complexity index is 404. The van der Waals surface area contributed by atoms with Gasteiger partial charge in [0.15, 0.2) is 0 Å². The van der Waals surface area contributed by atoms with Crippen LogP contribution in [0.3, 0.4) is 0 Å². The Balaban J connectivity index is 2.72. The molecule has 1 aliphatic rings. The third-order valence-corrected chi connectivity index (χ3v) is 5.13. The van der Waals surface area contributed by atoms with E-state index < -0.39 is 23.4 Å². The van der Waals surface area contributed by atoms with Crippen LogP contribution in [-0.4, -0.2) is 22.6 Å². The first-order chi connectivity index (χ1) is 11.3. The molecule has 0 aliphatic heterocycles. The average Bonchev–Trinajstić information content (AvgIpc) is 2.50. The number of esters is 1. The summed E-state index contributed by atoms with van der Waals surface area (Å²) in [6.45, 7) is 8.48. The number of carbonyl (C=O) groups excluding carboxylic acids is 1. The van der Waals surface area contributed by atoms with E-state index in [0.717, 1.165) is 38.5 Å². The minimum absolute atomic E-state index is 0.291. The highest BCUT2D eigenvalue weighted by Gasteiger charge is 2.40. The highest BCUT2D eigenvalue weighted by atomic mass is 16.6. The fourth-order valence-electron chi connectivity index (χ4n) is 4.01. The maximum Gasteiger partial charge on any atom is 0.310 e. The molecule has 0 aromatic carbocycles. The van der Waals surface area contributed by atoms with Crippen LogP contribution in [-0.2, 0) is 14.3 Å². The number of carbonyl (C=O) groups is 2. The van der Waals surface area contributed by atoms with Crippen LogP contribution in [0.25, 0.3) is 0 Å². The summed E-state index contributed by atoms with van der Waals surface area (Å²) in [6, 6.07) is 0. The van der Waals surface area contributed by atoms with E-state index in [-0.39, 0.29) is 5.97 Å². The topological polar surface area (TPSA) is 63.6 Å². The maximum absolute atomic E-state index is 12.7. The van der Waals surface area contributed by atoms with Crippen molar-refractivity contribution in [2.45, 2.75) is 97.5 Å². The quantitative estimate of drug-likeness (QED) is 0.439. The molecule has 0 aromatic rings.